The number of piperidine rings is 1. The molecule has 0 amide bonds. The van der Waals surface area contributed by atoms with Crippen LogP contribution in [-0.2, 0) is 6.42 Å². The van der Waals surface area contributed by atoms with Crippen LogP contribution in [-0.4, -0.2) is 51.1 Å². The Labute approximate surface area is 192 Å². The fraction of sp³-hybridized carbons (Fsp3) is 0.542. The van der Waals surface area contributed by atoms with Gasteiger partial charge in [-0.05, 0) is 49.4 Å². The van der Waals surface area contributed by atoms with Crippen LogP contribution in [0.2, 0.25) is 0 Å². The molecule has 1 saturated heterocycles. The van der Waals surface area contributed by atoms with Crippen LogP contribution in [0.25, 0.3) is 10.9 Å². The molecule has 2 fully saturated rings. The van der Waals surface area contributed by atoms with E-state index in [9.17, 15) is 0 Å². The molecule has 1 aliphatic carbocycles. The minimum atomic E-state index is 0.173. The van der Waals surface area contributed by atoms with Crippen LogP contribution in [0.5, 0.6) is 0 Å². The lowest BCUT2D eigenvalue weighted by Gasteiger charge is -2.24. The van der Waals surface area contributed by atoms with Crippen molar-refractivity contribution < 1.29 is 4.52 Å². The zero-order valence-electron chi connectivity index (χ0n) is 18.3. The maximum atomic E-state index is 5.55. The van der Waals surface area contributed by atoms with Gasteiger partial charge in [0.05, 0.1) is 29.4 Å². The molecule has 8 heteroatoms. The van der Waals surface area contributed by atoms with Crippen molar-refractivity contribution in [2.75, 3.05) is 29.1 Å². The average Bonchev–Trinajstić information content (AvgIpc) is 3.62. The minimum Gasteiger partial charge on any atom is -0.381 e. The van der Waals surface area contributed by atoms with E-state index in [0.29, 0.717) is 18.4 Å². The van der Waals surface area contributed by atoms with Gasteiger partial charge in [-0.15, -0.1) is 11.8 Å². The lowest BCUT2D eigenvalue weighted by Crippen LogP contribution is -2.30. The first-order valence-corrected chi connectivity index (χ1v) is 13.0. The quantitative estimate of drug-likeness (QED) is 0.550. The highest BCUT2D eigenvalue weighted by Crippen LogP contribution is 2.31. The molecule has 2 aliphatic heterocycles. The number of rotatable bonds is 6. The van der Waals surface area contributed by atoms with E-state index >= 15 is 0 Å². The molecule has 3 aliphatic rings. The highest BCUT2D eigenvalue weighted by Gasteiger charge is 2.25. The zero-order chi connectivity index (χ0) is 21.3. The smallest absolute Gasteiger partial charge is 0.266 e. The Hall–Kier alpha value is -2.48. The second-order valence-corrected chi connectivity index (χ2v) is 10.2. The van der Waals surface area contributed by atoms with Crippen molar-refractivity contribution in [3.05, 3.63) is 35.9 Å². The summed E-state index contributed by atoms with van der Waals surface area (Å²) in [6.07, 6.45) is 9.61. The average molecular weight is 451 g/mol. The number of aliphatic imine (C=N–C) groups is 1. The number of H-pyrrole nitrogens is 1. The molecule has 6 rings (SSSR count). The van der Waals surface area contributed by atoms with E-state index in [-0.39, 0.29) is 6.04 Å². The first-order valence-electron chi connectivity index (χ1n) is 12.0. The molecule has 1 unspecified atom stereocenters. The van der Waals surface area contributed by atoms with Gasteiger partial charge < -0.3 is 19.7 Å². The van der Waals surface area contributed by atoms with Crippen LogP contribution >= 0.6 is 11.8 Å². The van der Waals surface area contributed by atoms with E-state index in [4.69, 9.17) is 9.52 Å². The van der Waals surface area contributed by atoms with Crippen LogP contribution in [0.15, 0.2) is 33.8 Å². The number of aromatic amines is 1. The third-order valence-corrected chi connectivity index (χ3v) is 7.97. The van der Waals surface area contributed by atoms with Crippen molar-refractivity contribution in [3.8, 4) is 0 Å². The number of hydrogen-bond donors (Lipinski definition) is 2. The summed E-state index contributed by atoms with van der Waals surface area (Å²) in [5, 5.41) is 10.3. The van der Waals surface area contributed by atoms with E-state index in [1.807, 2.05) is 11.8 Å². The van der Waals surface area contributed by atoms with Gasteiger partial charge in [0.25, 0.3) is 5.95 Å². The summed E-state index contributed by atoms with van der Waals surface area (Å²) in [6, 6.07) is 9.49. The van der Waals surface area contributed by atoms with Crippen molar-refractivity contribution in [1.29, 1.82) is 0 Å². The van der Waals surface area contributed by atoms with E-state index in [1.165, 1.54) is 61.5 Å². The van der Waals surface area contributed by atoms with Crippen LogP contribution in [0.1, 0.15) is 56.5 Å². The number of nitrogens with zero attached hydrogens (tertiary/aromatic N) is 4. The molecule has 168 valence electrons. The number of nitrogens with one attached hydrogen (secondary N) is 2. The highest BCUT2D eigenvalue weighted by atomic mass is 32.2. The molecule has 2 aromatic heterocycles. The summed E-state index contributed by atoms with van der Waals surface area (Å²) < 4.78 is 5.55. The Kier molecular flexibility index (Phi) is 5.55. The van der Waals surface area contributed by atoms with Crippen LogP contribution in [0.4, 0.5) is 11.6 Å². The van der Waals surface area contributed by atoms with Crippen molar-refractivity contribution in [3.63, 3.8) is 0 Å². The van der Waals surface area contributed by atoms with Gasteiger partial charge in [0.2, 0.25) is 5.89 Å². The Balaban J connectivity index is 1.16. The summed E-state index contributed by atoms with van der Waals surface area (Å²) in [7, 11) is 0. The van der Waals surface area contributed by atoms with Gasteiger partial charge in [-0.1, -0.05) is 25.0 Å². The van der Waals surface area contributed by atoms with Crippen LogP contribution < -0.4 is 10.2 Å². The topological polar surface area (TPSA) is 82.3 Å². The Morgan fingerprint density at radius 3 is 2.88 bits per heavy atom. The molecular formula is C24H30N6OS. The largest absolute Gasteiger partial charge is 0.381 e. The SMILES string of the molecule is c1cc(NC2CCCC2)c2[nH]c(C3=NC(Cc4nc(N5CCCCC5)no4)CS3)cc2c1. The van der Waals surface area contributed by atoms with Crippen molar-refractivity contribution in [1.82, 2.24) is 15.1 Å². The molecular weight excluding hydrogens is 420 g/mol. The summed E-state index contributed by atoms with van der Waals surface area (Å²) in [6.45, 7) is 2.05. The second-order valence-electron chi connectivity index (χ2n) is 9.22. The fourth-order valence-electron chi connectivity index (χ4n) is 5.10. The van der Waals surface area contributed by atoms with Gasteiger partial charge in [-0.2, -0.15) is 4.98 Å². The first-order chi connectivity index (χ1) is 15.8. The fourth-order valence-corrected chi connectivity index (χ4v) is 6.13. The zero-order valence-corrected chi connectivity index (χ0v) is 19.2. The lowest BCUT2D eigenvalue weighted by atomic mass is 10.1. The molecule has 32 heavy (non-hydrogen) atoms. The van der Waals surface area contributed by atoms with E-state index in [1.54, 1.807) is 0 Å². The molecule has 7 nitrogen and oxygen atoms in total. The Morgan fingerprint density at radius 2 is 2.00 bits per heavy atom. The number of hydrogen-bond acceptors (Lipinski definition) is 7. The summed E-state index contributed by atoms with van der Waals surface area (Å²) in [4.78, 5) is 15.5. The standard InChI is InChI=1S/C24H30N6OS/c1-4-11-30(12-5-1)24-28-21(31-29-24)14-18-15-32-23(26-18)20-13-16-7-6-10-19(22(16)27-20)25-17-8-2-3-9-17/h6-7,10,13,17-18,25,27H,1-5,8-9,11-12,14-15H2. The third kappa shape index (κ3) is 4.12. The van der Waals surface area contributed by atoms with Gasteiger partial charge in [-0.25, -0.2) is 0 Å². The van der Waals surface area contributed by atoms with Gasteiger partial charge >= 0.3 is 0 Å². The first kappa shape index (κ1) is 20.1. The molecule has 4 heterocycles. The predicted molar refractivity (Wildman–Crippen MR) is 131 cm³/mol. The summed E-state index contributed by atoms with van der Waals surface area (Å²) >= 11 is 1.81. The molecule has 3 aromatic rings. The molecule has 1 aromatic carbocycles. The number of aromatic nitrogens is 3. The lowest BCUT2D eigenvalue weighted by molar-refractivity contribution is 0.370. The van der Waals surface area contributed by atoms with E-state index in [0.717, 1.165) is 35.5 Å². The predicted octanol–water partition coefficient (Wildman–Crippen LogP) is 5.00. The summed E-state index contributed by atoms with van der Waals surface area (Å²) in [5.41, 5.74) is 3.49. The van der Waals surface area contributed by atoms with Crippen LogP contribution in [0.3, 0.4) is 0 Å². The van der Waals surface area contributed by atoms with Crippen molar-refractivity contribution in [2.24, 2.45) is 4.99 Å². The molecule has 0 spiro atoms. The summed E-state index contributed by atoms with van der Waals surface area (Å²) in [5.74, 6) is 2.38. The van der Waals surface area contributed by atoms with Crippen LogP contribution in [0, 0.1) is 0 Å². The number of thioether (sulfide) groups is 1. The van der Waals surface area contributed by atoms with Crippen molar-refractivity contribution in [2.45, 2.75) is 63.5 Å². The molecule has 2 N–H and O–H groups in total. The van der Waals surface area contributed by atoms with Gasteiger partial charge in [0, 0.05) is 30.3 Å². The van der Waals surface area contributed by atoms with E-state index < -0.39 is 0 Å². The second kappa shape index (κ2) is 8.81. The molecule has 1 atom stereocenters. The molecule has 0 bridgehead atoms. The minimum absolute atomic E-state index is 0.173. The van der Waals surface area contributed by atoms with E-state index in [2.05, 4.69) is 49.6 Å². The maximum Gasteiger partial charge on any atom is 0.266 e. The normalized spacial score (nSPS) is 22.1. The maximum absolute atomic E-state index is 5.55. The molecule has 1 saturated carbocycles. The van der Waals surface area contributed by atoms with Gasteiger partial charge in [0.15, 0.2) is 0 Å². The number of anilines is 2. The Bertz CT molecular complexity index is 1110. The van der Waals surface area contributed by atoms with Crippen molar-refractivity contribution >= 4 is 39.3 Å². The number of para-hydroxylation sites is 1. The van der Waals surface area contributed by atoms with Gasteiger partial charge in [0.1, 0.15) is 5.04 Å². The number of benzene rings is 1. The highest BCUT2D eigenvalue weighted by molar-refractivity contribution is 8.14. The molecule has 0 radical (unpaired) electrons. The monoisotopic (exact) mass is 450 g/mol. The number of fused-ring (bicyclic) bond motifs is 1. The third-order valence-electron chi connectivity index (χ3n) is 6.82. The van der Waals surface area contributed by atoms with Gasteiger partial charge in [-0.3, -0.25) is 4.99 Å². The Morgan fingerprint density at radius 1 is 1.12 bits per heavy atom.